The van der Waals surface area contributed by atoms with Crippen LogP contribution < -0.4 is 11.5 Å². The largest absolute Gasteiger partial charge is 0.480 e. The van der Waals surface area contributed by atoms with Gasteiger partial charge in [-0.2, -0.15) is 9.30 Å². The van der Waals surface area contributed by atoms with E-state index in [-0.39, 0.29) is 35.6 Å². The standard InChI is InChI=1S/C22H31BrN6O4S/c1-4-14-6-5-9-22(14,20(30)31)29(11-10-28(2)3)34(32,33)15-7-8-16-17(12-15)19(27-21(24)25)26-13-18(16)23/h7-8,12-14H,4-6,9-11H2,1-3H3,(H,30,31)(H4,24,25,26,27). The number of fused-ring (bicyclic) bond motifs is 1. The van der Waals surface area contributed by atoms with Crippen LogP contribution >= 0.6 is 15.9 Å². The van der Waals surface area contributed by atoms with Crippen molar-refractivity contribution >= 4 is 54.5 Å². The first-order valence-corrected chi connectivity index (χ1v) is 13.3. The summed E-state index contributed by atoms with van der Waals surface area (Å²) >= 11 is 3.42. The molecule has 1 aromatic heterocycles. The van der Waals surface area contributed by atoms with E-state index in [1.807, 2.05) is 25.9 Å². The van der Waals surface area contributed by atoms with Crippen LogP contribution in [-0.4, -0.2) is 72.4 Å². The fourth-order valence-corrected chi connectivity index (χ4v) is 7.10. The number of hydrogen-bond acceptors (Lipinski definition) is 6. The van der Waals surface area contributed by atoms with Crippen LogP contribution in [0.1, 0.15) is 32.6 Å². The van der Waals surface area contributed by atoms with Crippen molar-refractivity contribution in [2.24, 2.45) is 22.4 Å². The molecule has 1 fully saturated rings. The Morgan fingerprint density at radius 2 is 2.00 bits per heavy atom. The second kappa shape index (κ2) is 10.1. The summed E-state index contributed by atoms with van der Waals surface area (Å²) in [6.07, 6.45) is 3.70. The van der Waals surface area contributed by atoms with Crippen molar-refractivity contribution in [2.45, 2.75) is 43.0 Å². The Hall–Kier alpha value is -2.28. The quantitative estimate of drug-likeness (QED) is 0.315. The number of pyridine rings is 1. The number of nitrogens with zero attached hydrogens (tertiary/aromatic N) is 4. The highest BCUT2D eigenvalue weighted by molar-refractivity contribution is 9.10. The molecule has 0 radical (unpaired) electrons. The maximum atomic E-state index is 14.1. The highest BCUT2D eigenvalue weighted by atomic mass is 79.9. The van der Waals surface area contributed by atoms with Crippen LogP contribution in [0.2, 0.25) is 0 Å². The average Bonchev–Trinajstić information content (AvgIpc) is 3.20. The van der Waals surface area contributed by atoms with Crippen LogP contribution in [-0.2, 0) is 14.8 Å². The number of carbonyl (C=O) groups is 1. The first-order valence-electron chi connectivity index (χ1n) is 11.0. The van der Waals surface area contributed by atoms with Crippen molar-refractivity contribution in [3.63, 3.8) is 0 Å². The molecule has 2 unspecified atom stereocenters. The summed E-state index contributed by atoms with van der Waals surface area (Å²) in [5.41, 5.74) is 9.57. The lowest BCUT2D eigenvalue weighted by Crippen LogP contribution is -2.60. The highest BCUT2D eigenvalue weighted by Crippen LogP contribution is 2.45. The van der Waals surface area contributed by atoms with E-state index in [2.05, 4.69) is 25.9 Å². The molecule has 10 nitrogen and oxygen atoms in total. The minimum absolute atomic E-state index is 0.0342. The number of aromatic nitrogens is 1. The van der Waals surface area contributed by atoms with Crippen LogP contribution in [0.5, 0.6) is 0 Å². The Labute approximate surface area is 208 Å². The van der Waals surface area contributed by atoms with E-state index >= 15 is 0 Å². The van der Waals surface area contributed by atoms with E-state index in [9.17, 15) is 18.3 Å². The lowest BCUT2D eigenvalue weighted by Gasteiger charge is -2.41. The molecular weight excluding hydrogens is 524 g/mol. The number of carboxylic acids is 1. The van der Waals surface area contributed by atoms with Gasteiger partial charge in [-0.15, -0.1) is 0 Å². The molecule has 186 valence electrons. The fraction of sp³-hybridized carbons (Fsp3) is 0.500. The molecule has 34 heavy (non-hydrogen) atoms. The van der Waals surface area contributed by atoms with Gasteiger partial charge in [0.1, 0.15) is 5.54 Å². The third kappa shape index (κ3) is 4.77. The van der Waals surface area contributed by atoms with Crippen LogP contribution in [0.3, 0.4) is 0 Å². The van der Waals surface area contributed by atoms with Crippen LogP contribution in [0.25, 0.3) is 10.8 Å². The van der Waals surface area contributed by atoms with Gasteiger partial charge < -0.3 is 21.5 Å². The second-order valence-corrected chi connectivity index (χ2v) is 11.5. The molecular formula is C22H31BrN6O4S. The molecule has 0 bridgehead atoms. The van der Waals surface area contributed by atoms with E-state index in [4.69, 9.17) is 11.5 Å². The Bertz CT molecular complexity index is 1220. The Balaban J connectivity index is 2.24. The van der Waals surface area contributed by atoms with E-state index in [1.165, 1.54) is 22.6 Å². The second-order valence-electron chi connectivity index (χ2n) is 8.78. The minimum atomic E-state index is -4.20. The number of nitrogens with two attached hydrogens (primary N) is 2. The lowest BCUT2D eigenvalue weighted by molar-refractivity contribution is -0.151. The van der Waals surface area contributed by atoms with Crippen LogP contribution in [0.15, 0.2) is 38.8 Å². The van der Waals surface area contributed by atoms with Gasteiger partial charge in [-0.3, -0.25) is 4.79 Å². The van der Waals surface area contributed by atoms with Gasteiger partial charge in [-0.1, -0.05) is 25.8 Å². The van der Waals surface area contributed by atoms with Gasteiger partial charge in [0.25, 0.3) is 0 Å². The molecule has 1 aliphatic carbocycles. The predicted molar refractivity (Wildman–Crippen MR) is 135 cm³/mol. The summed E-state index contributed by atoms with van der Waals surface area (Å²) in [6, 6.07) is 4.58. The number of hydrogen-bond donors (Lipinski definition) is 3. The fourth-order valence-electron chi connectivity index (χ4n) is 4.82. The number of guanidine groups is 1. The molecule has 12 heteroatoms. The van der Waals surface area contributed by atoms with Gasteiger partial charge in [-0.05, 0) is 60.9 Å². The Morgan fingerprint density at radius 1 is 1.29 bits per heavy atom. The lowest BCUT2D eigenvalue weighted by atomic mass is 9.85. The number of carboxylic acid groups (broad SMARTS) is 1. The molecule has 0 amide bonds. The smallest absolute Gasteiger partial charge is 0.325 e. The van der Waals surface area contributed by atoms with E-state index in [0.29, 0.717) is 41.1 Å². The number of sulfonamides is 1. The van der Waals surface area contributed by atoms with Gasteiger partial charge >= 0.3 is 5.97 Å². The molecule has 1 heterocycles. The summed E-state index contributed by atoms with van der Waals surface area (Å²) < 4.78 is 30.0. The van der Waals surface area contributed by atoms with Gasteiger partial charge in [0, 0.05) is 34.5 Å². The minimum Gasteiger partial charge on any atom is -0.480 e. The van der Waals surface area contributed by atoms with Crippen molar-refractivity contribution < 1.29 is 18.3 Å². The summed E-state index contributed by atoms with van der Waals surface area (Å²) in [4.78, 5) is 22.8. The number of aliphatic imine (C=N–C) groups is 1. The third-order valence-corrected chi connectivity index (χ3v) is 9.03. The Kier molecular flexibility index (Phi) is 7.85. The number of halogens is 1. The number of rotatable bonds is 9. The molecule has 0 spiro atoms. The van der Waals surface area contributed by atoms with E-state index in [1.54, 1.807) is 6.07 Å². The van der Waals surface area contributed by atoms with E-state index < -0.39 is 21.5 Å². The van der Waals surface area contributed by atoms with Crippen molar-refractivity contribution in [2.75, 3.05) is 27.2 Å². The third-order valence-electron chi connectivity index (χ3n) is 6.46. The SMILES string of the molecule is CCC1CCCC1(C(=O)O)N(CCN(C)C)S(=O)(=O)c1ccc2c(Br)cnc(N=C(N)N)c2c1. The monoisotopic (exact) mass is 554 g/mol. The average molecular weight is 555 g/mol. The summed E-state index contributed by atoms with van der Waals surface area (Å²) in [5.74, 6) is -1.42. The topological polar surface area (TPSA) is 155 Å². The normalized spacial score (nSPS) is 20.8. The van der Waals surface area contributed by atoms with Crippen molar-refractivity contribution in [1.82, 2.24) is 14.2 Å². The number of aliphatic carboxylic acids is 1. The predicted octanol–water partition coefficient (Wildman–Crippen LogP) is 2.49. The van der Waals surface area contributed by atoms with Gasteiger partial charge in [0.15, 0.2) is 11.8 Å². The van der Waals surface area contributed by atoms with Gasteiger partial charge in [0.2, 0.25) is 10.0 Å². The first kappa shape index (κ1) is 26.3. The number of benzene rings is 1. The molecule has 2 atom stereocenters. The molecule has 1 saturated carbocycles. The highest BCUT2D eigenvalue weighted by Gasteiger charge is 2.56. The zero-order valence-corrected chi connectivity index (χ0v) is 21.9. The zero-order chi connectivity index (χ0) is 25.3. The maximum absolute atomic E-state index is 14.1. The molecule has 0 saturated heterocycles. The van der Waals surface area contributed by atoms with Crippen molar-refractivity contribution in [1.29, 1.82) is 0 Å². The van der Waals surface area contributed by atoms with Gasteiger partial charge in [0.05, 0.1) is 4.90 Å². The molecule has 2 aromatic rings. The first-order chi connectivity index (χ1) is 15.9. The Morgan fingerprint density at radius 3 is 2.59 bits per heavy atom. The molecule has 1 aromatic carbocycles. The molecule has 5 N–H and O–H groups in total. The zero-order valence-electron chi connectivity index (χ0n) is 19.5. The van der Waals surface area contributed by atoms with Gasteiger partial charge in [-0.25, -0.2) is 13.4 Å². The maximum Gasteiger partial charge on any atom is 0.325 e. The van der Waals surface area contributed by atoms with Crippen LogP contribution in [0.4, 0.5) is 5.82 Å². The molecule has 3 rings (SSSR count). The number of likely N-dealkylation sites (N-methyl/N-ethyl adjacent to an activating group) is 1. The summed E-state index contributed by atoms with van der Waals surface area (Å²) in [7, 11) is -0.556. The summed E-state index contributed by atoms with van der Waals surface area (Å²) in [6.45, 7) is 2.34. The molecule has 0 aliphatic heterocycles. The van der Waals surface area contributed by atoms with E-state index in [0.717, 1.165) is 0 Å². The van der Waals surface area contributed by atoms with Crippen LogP contribution in [0, 0.1) is 5.92 Å². The molecule has 1 aliphatic rings. The van der Waals surface area contributed by atoms with Crippen molar-refractivity contribution in [3.05, 3.63) is 28.9 Å². The summed E-state index contributed by atoms with van der Waals surface area (Å²) in [5, 5.41) is 11.5. The van der Waals surface area contributed by atoms with Crippen molar-refractivity contribution in [3.8, 4) is 0 Å².